The maximum absolute atomic E-state index is 13.8. The topological polar surface area (TPSA) is 67.9 Å². The van der Waals surface area contributed by atoms with Crippen LogP contribution in [-0.4, -0.2) is 41.7 Å². The zero-order chi connectivity index (χ0) is 28.7. The highest BCUT2D eigenvalue weighted by Crippen LogP contribution is 2.43. The monoisotopic (exact) mass is 562 g/mol. The van der Waals surface area contributed by atoms with E-state index in [4.69, 9.17) is 21.1 Å². The molecule has 0 saturated carbocycles. The molecule has 0 radical (unpaired) electrons. The van der Waals surface area contributed by atoms with Crippen molar-refractivity contribution in [3.05, 3.63) is 76.3 Å². The minimum atomic E-state index is -0.564. The fourth-order valence-electron chi connectivity index (χ4n) is 6.30. The standard InChI is InChI=1S/C33H39ClN2O4/c1-21-19-33(13-14-36(21)31(38)40-32(3,4)5,25-10-11-29-24(16-25)12-15-39-29)20-30(37)35-22(2)28-18-26(34)17-23-8-6-7-9-27(23)28/h6-11,16-18,21-22H,12-15,19-20H2,1-5H3,(H,35,37). The SMILES string of the molecule is CC(NC(=O)CC1(c2ccc3c(c2)CCO3)CCN(C(=O)OC(C)(C)C)C(C)C1)c1cc(Cl)cc2ccccc12. The van der Waals surface area contributed by atoms with Crippen LogP contribution in [0.25, 0.3) is 10.8 Å². The van der Waals surface area contributed by atoms with Gasteiger partial charge in [0.25, 0.3) is 0 Å². The summed E-state index contributed by atoms with van der Waals surface area (Å²) in [6, 6.07) is 18.0. The van der Waals surface area contributed by atoms with Gasteiger partial charge in [0.05, 0.1) is 12.6 Å². The molecule has 3 aromatic rings. The molecule has 5 rings (SSSR count). The third-order valence-electron chi connectivity index (χ3n) is 8.18. The number of halogens is 1. The van der Waals surface area contributed by atoms with E-state index >= 15 is 0 Å². The lowest BCUT2D eigenvalue weighted by Gasteiger charge is -2.46. The summed E-state index contributed by atoms with van der Waals surface area (Å²) in [6.07, 6.45) is 2.21. The normalized spacial score (nSPS) is 21.4. The second-order valence-corrected chi connectivity index (χ2v) is 12.8. The molecule has 6 nitrogen and oxygen atoms in total. The van der Waals surface area contributed by atoms with Gasteiger partial charge in [0.2, 0.25) is 5.91 Å². The number of nitrogens with one attached hydrogen (secondary N) is 1. The molecule has 2 amide bonds. The van der Waals surface area contributed by atoms with Crippen molar-refractivity contribution in [1.29, 1.82) is 0 Å². The molecule has 0 aliphatic carbocycles. The number of rotatable bonds is 5. The summed E-state index contributed by atoms with van der Waals surface area (Å²) in [5.41, 5.74) is 2.32. The first-order valence-electron chi connectivity index (χ1n) is 14.2. The molecule has 7 heteroatoms. The van der Waals surface area contributed by atoms with Crippen molar-refractivity contribution in [3.63, 3.8) is 0 Å². The number of piperidine rings is 1. The average Bonchev–Trinajstić information content (AvgIpc) is 3.35. The van der Waals surface area contributed by atoms with Crippen LogP contribution in [0, 0.1) is 0 Å². The first kappa shape index (κ1) is 28.3. The van der Waals surface area contributed by atoms with Gasteiger partial charge >= 0.3 is 6.09 Å². The summed E-state index contributed by atoms with van der Waals surface area (Å²) in [5.74, 6) is 0.898. The first-order chi connectivity index (χ1) is 18.9. The summed E-state index contributed by atoms with van der Waals surface area (Å²) in [7, 11) is 0. The molecule has 2 heterocycles. The van der Waals surface area contributed by atoms with E-state index in [-0.39, 0.29) is 24.1 Å². The molecule has 2 aliphatic heterocycles. The highest BCUT2D eigenvalue weighted by molar-refractivity contribution is 6.31. The molecule has 1 fully saturated rings. The smallest absolute Gasteiger partial charge is 0.410 e. The van der Waals surface area contributed by atoms with E-state index in [1.54, 1.807) is 4.90 Å². The van der Waals surface area contributed by atoms with Crippen molar-refractivity contribution < 1.29 is 19.1 Å². The Bertz CT molecular complexity index is 1430. The minimum absolute atomic E-state index is 0.0220. The van der Waals surface area contributed by atoms with E-state index in [2.05, 4.69) is 23.5 Å². The van der Waals surface area contributed by atoms with E-state index in [1.165, 1.54) is 5.56 Å². The number of ether oxygens (including phenoxy) is 2. The molecule has 0 aromatic heterocycles. The summed E-state index contributed by atoms with van der Waals surface area (Å²) in [4.78, 5) is 28.5. The van der Waals surface area contributed by atoms with E-state index in [0.717, 1.165) is 34.1 Å². The number of nitrogens with zero attached hydrogens (tertiary/aromatic N) is 1. The average molecular weight is 563 g/mol. The van der Waals surface area contributed by atoms with Gasteiger partial charge in [-0.15, -0.1) is 0 Å². The summed E-state index contributed by atoms with van der Waals surface area (Å²) >= 11 is 6.44. The van der Waals surface area contributed by atoms with Gasteiger partial charge in [0.1, 0.15) is 11.4 Å². The van der Waals surface area contributed by atoms with Crippen LogP contribution in [0.3, 0.4) is 0 Å². The van der Waals surface area contributed by atoms with Gasteiger partial charge in [-0.1, -0.05) is 48.0 Å². The second kappa shape index (κ2) is 11.0. The van der Waals surface area contributed by atoms with Crippen LogP contribution in [0.2, 0.25) is 5.02 Å². The van der Waals surface area contributed by atoms with Gasteiger partial charge in [0.15, 0.2) is 0 Å². The van der Waals surface area contributed by atoms with E-state index in [0.29, 0.717) is 37.4 Å². The predicted octanol–water partition coefficient (Wildman–Crippen LogP) is 7.35. The van der Waals surface area contributed by atoms with Crippen LogP contribution < -0.4 is 10.1 Å². The minimum Gasteiger partial charge on any atom is -0.493 e. The van der Waals surface area contributed by atoms with Gasteiger partial charge in [-0.25, -0.2) is 4.79 Å². The largest absolute Gasteiger partial charge is 0.493 e. The lowest BCUT2D eigenvalue weighted by atomic mass is 9.68. The fourth-order valence-corrected chi connectivity index (χ4v) is 6.54. The third kappa shape index (κ3) is 5.92. The lowest BCUT2D eigenvalue weighted by molar-refractivity contribution is -0.123. The number of carbonyl (C=O) groups excluding carboxylic acids is 2. The molecule has 2 aliphatic rings. The Morgan fingerprint density at radius 1 is 1.18 bits per heavy atom. The molecule has 212 valence electrons. The van der Waals surface area contributed by atoms with Crippen LogP contribution in [0.15, 0.2) is 54.6 Å². The molecule has 0 spiro atoms. The van der Waals surface area contributed by atoms with Gasteiger partial charge in [-0.3, -0.25) is 4.79 Å². The van der Waals surface area contributed by atoms with Gasteiger partial charge in [-0.05, 0) is 93.1 Å². The van der Waals surface area contributed by atoms with Crippen molar-refractivity contribution >= 4 is 34.4 Å². The number of likely N-dealkylation sites (tertiary alicyclic amines) is 1. The second-order valence-electron chi connectivity index (χ2n) is 12.4. The first-order valence-corrected chi connectivity index (χ1v) is 14.6. The maximum atomic E-state index is 13.8. The highest BCUT2D eigenvalue weighted by atomic mass is 35.5. The Kier molecular flexibility index (Phi) is 7.75. The number of benzene rings is 3. The maximum Gasteiger partial charge on any atom is 0.410 e. The van der Waals surface area contributed by atoms with Crippen molar-refractivity contribution in [2.45, 2.75) is 83.4 Å². The lowest BCUT2D eigenvalue weighted by Crippen LogP contribution is -2.52. The Hall–Kier alpha value is -3.25. The summed E-state index contributed by atoms with van der Waals surface area (Å²) < 4.78 is 11.4. The van der Waals surface area contributed by atoms with Crippen LogP contribution in [0.4, 0.5) is 4.79 Å². The van der Waals surface area contributed by atoms with Crippen LogP contribution in [0.1, 0.15) is 76.6 Å². The van der Waals surface area contributed by atoms with Gasteiger partial charge < -0.3 is 19.7 Å². The Morgan fingerprint density at radius 2 is 1.95 bits per heavy atom. The number of carbonyl (C=O) groups is 2. The van der Waals surface area contributed by atoms with Crippen molar-refractivity contribution in [2.75, 3.05) is 13.2 Å². The molecule has 3 atom stereocenters. The highest BCUT2D eigenvalue weighted by Gasteiger charge is 2.44. The molecule has 1 N–H and O–H groups in total. The summed E-state index contributed by atoms with van der Waals surface area (Å²) in [5, 5.41) is 6.03. The third-order valence-corrected chi connectivity index (χ3v) is 8.40. The predicted molar refractivity (Wildman–Crippen MR) is 159 cm³/mol. The molecular weight excluding hydrogens is 524 g/mol. The quantitative estimate of drug-likeness (QED) is 0.353. The van der Waals surface area contributed by atoms with Crippen molar-refractivity contribution in [2.24, 2.45) is 0 Å². The van der Waals surface area contributed by atoms with E-state index < -0.39 is 11.0 Å². The molecular formula is C33H39ClN2O4. The zero-order valence-electron chi connectivity index (χ0n) is 24.1. The fraction of sp³-hybridized carbons (Fsp3) is 0.455. The molecule has 0 bridgehead atoms. The molecule has 3 unspecified atom stereocenters. The molecule has 3 aromatic carbocycles. The Balaban J connectivity index is 1.40. The Labute approximate surface area is 242 Å². The number of amides is 2. The van der Waals surface area contributed by atoms with Crippen molar-refractivity contribution in [3.8, 4) is 5.75 Å². The summed E-state index contributed by atoms with van der Waals surface area (Å²) in [6.45, 7) is 10.9. The number of hydrogen-bond donors (Lipinski definition) is 1. The zero-order valence-corrected chi connectivity index (χ0v) is 24.8. The van der Waals surface area contributed by atoms with Crippen LogP contribution in [-0.2, 0) is 21.4 Å². The van der Waals surface area contributed by atoms with Crippen LogP contribution in [0.5, 0.6) is 5.75 Å². The van der Waals surface area contributed by atoms with Gasteiger partial charge in [0, 0.05) is 35.9 Å². The molecule has 40 heavy (non-hydrogen) atoms. The van der Waals surface area contributed by atoms with E-state index in [1.807, 2.05) is 71.0 Å². The van der Waals surface area contributed by atoms with Gasteiger partial charge in [-0.2, -0.15) is 0 Å². The molecule has 1 saturated heterocycles. The number of fused-ring (bicyclic) bond motifs is 2. The number of hydrogen-bond acceptors (Lipinski definition) is 4. The van der Waals surface area contributed by atoms with Crippen molar-refractivity contribution in [1.82, 2.24) is 10.2 Å². The van der Waals surface area contributed by atoms with E-state index in [9.17, 15) is 9.59 Å². The van der Waals surface area contributed by atoms with Crippen LogP contribution >= 0.6 is 11.6 Å². The Morgan fingerprint density at radius 3 is 2.70 bits per heavy atom.